The van der Waals surface area contributed by atoms with Crippen LogP contribution in [0.15, 0.2) is 66.9 Å². The summed E-state index contributed by atoms with van der Waals surface area (Å²) in [4.78, 5) is 28.4. The molecule has 136 valence electrons. The fourth-order valence-corrected chi connectivity index (χ4v) is 2.47. The number of amides is 2. The number of benzene rings is 2. The molecule has 0 aliphatic rings. The number of anilines is 2. The van der Waals surface area contributed by atoms with E-state index in [0.717, 1.165) is 0 Å². The van der Waals surface area contributed by atoms with Gasteiger partial charge in [-0.3, -0.25) is 9.59 Å². The fraction of sp³-hybridized carbons (Fsp3) is 0.0500. The Morgan fingerprint density at radius 3 is 2.22 bits per heavy atom. The lowest BCUT2D eigenvalue weighted by molar-refractivity contribution is 0.101. The molecule has 0 saturated carbocycles. The van der Waals surface area contributed by atoms with Gasteiger partial charge in [-0.2, -0.15) is 0 Å². The van der Waals surface area contributed by atoms with Crippen molar-refractivity contribution in [2.24, 2.45) is 0 Å². The highest BCUT2D eigenvalue weighted by Crippen LogP contribution is 2.24. The van der Waals surface area contributed by atoms with Gasteiger partial charge in [0.2, 0.25) is 0 Å². The second-order valence-electron chi connectivity index (χ2n) is 5.56. The third-order valence-electron chi connectivity index (χ3n) is 3.75. The molecule has 0 bridgehead atoms. The monoisotopic (exact) mass is 381 g/mol. The average Bonchev–Trinajstić information content (AvgIpc) is 2.69. The molecule has 3 rings (SSSR count). The Labute approximate surface area is 161 Å². The van der Waals surface area contributed by atoms with Gasteiger partial charge in [0, 0.05) is 17.4 Å². The number of ether oxygens (including phenoxy) is 1. The van der Waals surface area contributed by atoms with Crippen molar-refractivity contribution in [2.75, 3.05) is 17.7 Å². The van der Waals surface area contributed by atoms with E-state index in [1.54, 1.807) is 55.6 Å². The number of nitrogens with one attached hydrogen (secondary N) is 2. The molecule has 2 amide bonds. The lowest BCUT2D eigenvalue weighted by Gasteiger charge is -2.10. The van der Waals surface area contributed by atoms with Crippen LogP contribution in [0.2, 0.25) is 5.15 Å². The van der Waals surface area contributed by atoms with E-state index in [0.29, 0.717) is 33.4 Å². The Morgan fingerprint density at radius 1 is 0.889 bits per heavy atom. The molecule has 6 nitrogen and oxygen atoms in total. The number of pyridine rings is 1. The van der Waals surface area contributed by atoms with Gasteiger partial charge >= 0.3 is 0 Å². The van der Waals surface area contributed by atoms with Crippen molar-refractivity contribution in [1.29, 1.82) is 0 Å². The largest absolute Gasteiger partial charge is 0.495 e. The number of aromatic nitrogens is 1. The summed E-state index contributed by atoms with van der Waals surface area (Å²) in [6.45, 7) is 0. The summed E-state index contributed by atoms with van der Waals surface area (Å²) < 4.78 is 5.22. The normalized spacial score (nSPS) is 10.1. The minimum Gasteiger partial charge on any atom is -0.495 e. The van der Waals surface area contributed by atoms with Crippen molar-refractivity contribution in [3.63, 3.8) is 0 Å². The number of nitrogens with zero attached hydrogens (tertiary/aromatic N) is 1. The number of rotatable bonds is 5. The van der Waals surface area contributed by atoms with Gasteiger partial charge in [0.15, 0.2) is 0 Å². The summed E-state index contributed by atoms with van der Waals surface area (Å²) in [5.74, 6) is -0.0176. The molecule has 0 aliphatic heterocycles. The zero-order chi connectivity index (χ0) is 19.2. The first-order chi connectivity index (χ1) is 13.1. The number of halogens is 1. The zero-order valence-corrected chi connectivity index (χ0v) is 15.2. The van der Waals surface area contributed by atoms with Crippen LogP contribution in [0.25, 0.3) is 0 Å². The predicted octanol–water partition coefficient (Wildman–Crippen LogP) is 4.25. The van der Waals surface area contributed by atoms with E-state index in [-0.39, 0.29) is 11.8 Å². The molecule has 0 radical (unpaired) electrons. The minimum atomic E-state index is -0.314. The van der Waals surface area contributed by atoms with E-state index in [4.69, 9.17) is 16.3 Å². The second-order valence-corrected chi connectivity index (χ2v) is 5.94. The summed E-state index contributed by atoms with van der Waals surface area (Å²) in [5, 5.41) is 5.85. The number of carbonyl (C=O) groups is 2. The summed E-state index contributed by atoms with van der Waals surface area (Å²) in [5.41, 5.74) is 1.98. The summed E-state index contributed by atoms with van der Waals surface area (Å²) in [6.07, 6.45) is 1.40. The van der Waals surface area contributed by atoms with E-state index in [2.05, 4.69) is 15.6 Å². The van der Waals surface area contributed by atoms with Gasteiger partial charge in [-0.15, -0.1) is 0 Å². The zero-order valence-electron chi connectivity index (χ0n) is 14.4. The standard InChI is InChI=1S/C20H16ClN3O3/c1-27-17-5-3-2-4-16(17)24-19(25)13-6-9-15(10-7-13)23-20(26)14-8-11-18(21)22-12-14/h2-12H,1H3,(H,23,26)(H,24,25). The van der Waals surface area contributed by atoms with Crippen molar-refractivity contribution < 1.29 is 14.3 Å². The molecule has 0 aliphatic carbocycles. The summed E-state index contributed by atoms with van der Waals surface area (Å²) in [6, 6.07) is 16.8. The van der Waals surface area contributed by atoms with Gasteiger partial charge in [0.1, 0.15) is 10.9 Å². The highest BCUT2D eigenvalue weighted by atomic mass is 35.5. The van der Waals surface area contributed by atoms with Crippen LogP contribution < -0.4 is 15.4 Å². The van der Waals surface area contributed by atoms with Gasteiger partial charge < -0.3 is 15.4 Å². The molecular formula is C20H16ClN3O3. The molecule has 0 saturated heterocycles. The van der Waals surface area contributed by atoms with Crippen LogP contribution in [0.3, 0.4) is 0 Å². The lowest BCUT2D eigenvalue weighted by Crippen LogP contribution is -2.14. The molecule has 0 unspecified atom stereocenters. The third kappa shape index (κ3) is 4.62. The first kappa shape index (κ1) is 18.4. The topological polar surface area (TPSA) is 80.3 Å². The number of hydrogen-bond donors (Lipinski definition) is 2. The van der Waals surface area contributed by atoms with Gasteiger partial charge in [-0.25, -0.2) is 4.98 Å². The number of para-hydroxylation sites is 2. The number of methoxy groups -OCH3 is 1. The molecule has 0 spiro atoms. The van der Waals surface area contributed by atoms with E-state index >= 15 is 0 Å². The van der Waals surface area contributed by atoms with Crippen molar-refractivity contribution in [3.8, 4) is 5.75 Å². The van der Waals surface area contributed by atoms with Crippen LogP contribution >= 0.6 is 11.6 Å². The second kappa shape index (κ2) is 8.33. The molecule has 0 atom stereocenters. The van der Waals surface area contributed by atoms with Crippen LogP contribution in [-0.4, -0.2) is 23.9 Å². The highest BCUT2D eigenvalue weighted by Gasteiger charge is 2.11. The van der Waals surface area contributed by atoms with Gasteiger partial charge in [-0.05, 0) is 48.5 Å². The quantitative estimate of drug-likeness (QED) is 0.647. The first-order valence-electron chi connectivity index (χ1n) is 8.04. The maximum Gasteiger partial charge on any atom is 0.257 e. The molecule has 3 aromatic rings. The molecule has 0 fully saturated rings. The fourth-order valence-electron chi connectivity index (χ4n) is 2.36. The Morgan fingerprint density at radius 2 is 1.56 bits per heavy atom. The van der Waals surface area contributed by atoms with Gasteiger partial charge in [-0.1, -0.05) is 23.7 Å². The summed E-state index contributed by atoms with van der Waals surface area (Å²) in [7, 11) is 1.54. The highest BCUT2D eigenvalue weighted by molar-refractivity contribution is 6.29. The molecule has 2 aromatic carbocycles. The van der Waals surface area contributed by atoms with Crippen LogP contribution in [0.5, 0.6) is 5.75 Å². The molecular weight excluding hydrogens is 366 g/mol. The molecule has 2 N–H and O–H groups in total. The molecule has 7 heteroatoms. The Balaban J connectivity index is 1.66. The van der Waals surface area contributed by atoms with E-state index in [1.165, 1.54) is 6.20 Å². The van der Waals surface area contributed by atoms with E-state index in [9.17, 15) is 9.59 Å². The Hall–Kier alpha value is -3.38. The van der Waals surface area contributed by atoms with Crippen molar-refractivity contribution in [2.45, 2.75) is 0 Å². The van der Waals surface area contributed by atoms with Gasteiger partial charge in [0.25, 0.3) is 11.8 Å². The molecule has 1 aromatic heterocycles. The third-order valence-corrected chi connectivity index (χ3v) is 3.97. The Kier molecular flexibility index (Phi) is 5.68. The molecule has 27 heavy (non-hydrogen) atoms. The minimum absolute atomic E-state index is 0.278. The number of hydrogen-bond acceptors (Lipinski definition) is 4. The molecule has 1 heterocycles. The maximum atomic E-state index is 12.4. The lowest BCUT2D eigenvalue weighted by atomic mass is 10.1. The summed E-state index contributed by atoms with van der Waals surface area (Å²) >= 11 is 5.71. The van der Waals surface area contributed by atoms with Crippen molar-refractivity contribution in [1.82, 2.24) is 4.98 Å². The predicted molar refractivity (Wildman–Crippen MR) is 105 cm³/mol. The van der Waals surface area contributed by atoms with Crippen molar-refractivity contribution >= 4 is 34.8 Å². The van der Waals surface area contributed by atoms with Crippen LogP contribution in [0.4, 0.5) is 11.4 Å². The number of carbonyl (C=O) groups excluding carboxylic acids is 2. The average molecular weight is 382 g/mol. The maximum absolute atomic E-state index is 12.4. The smallest absolute Gasteiger partial charge is 0.257 e. The van der Waals surface area contributed by atoms with Gasteiger partial charge in [0.05, 0.1) is 18.4 Å². The SMILES string of the molecule is COc1ccccc1NC(=O)c1ccc(NC(=O)c2ccc(Cl)nc2)cc1. The van der Waals surface area contributed by atoms with Crippen LogP contribution in [0.1, 0.15) is 20.7 Å². The van der Waals surface area contributed by atoms with Crippen molar-refractivity contribution in [3.05, 3.63) is 83.1 Å². The van der Waals surface area contributed by atoms with E-state index in [1.807, 2.05) is 12.1 Å². The van der Waals surface area contributed by atoms with Crippen LogP contribution in [0, 0.1) is 0 Å². The Bertz CT molecular complexity index is 957. The van der Waals surface area contributed by atoms with Crippen LogP contribution in [-0.2, 0) is 0 Å². The van der Waals surface area contributed by atoms with E-state index < -0.39 is 0 Å². The first-order valence-corrected chi connectivity index (χ1v) is 8.42.